The highest BCUT2D eigenvalue weighted by Gasteiger charge is 2.20. The van der Waals surface area contributed by atoms with Gasteiger partial charge in [-0.05, 0) is 24.2 Å². The van der Waals surface area contributed by atoms with Gasteiger partial charge in [0.2, 0.25) is 0 Å². The molecule has 0 amide bonds. The lowest BCUT2D eigenvalue weighted by Crippen LogP contribution is -2.14. The topological polar surface area (TPSA) is 18.5 Å². The molecule has 1 heterocycles. The molecule has 1 fully saturated rings. The zero-order valence-electron chi connectivity index (χ0n) is 8.52. The van der Waals surface area contributed by atoms with E-state index in [4.69, 9.17) is 21.7 Å². The maximum absolute atomic E-state index is 5.57. The van der Waals surface area contributed by atoms with E-state index in [2.05, 4.69) is 12.1 Å². The summed E-state index contributed by atoms with van der Waals surface area (Å²) < 4.78 is 11.0. The normalized spacial score (nSPS) is 20.3. The Labute approximate surface area is 95.2 Å². The van der Waals surface area contributed by atoms with Crippen LogP contribution in [0.2, 0.25) is 0 Å². The van der Waals surface area contributed by atoms with Crippen molar-refractivity contribution in [3.63, 3.8) is 0 Å². The Balaban J connectivity index is 1.69. The minimum atomic E-state index is 0.168. The maximum atomic E-state index is 5.57. The van der Waals surface area contributed by atoms with Gasteiger partial charge in [0, 0.05) is 6.42 Å². The third-order valence-electron chi connectivity index (χ3n) is 2.38. The first-order valence-electron chi connectivity index (χ1n) is 5.16. The van der Waals surface area contributed by atoms with Crippen LogP contribution >= 0.6 is 12.2 Å². The number of hydrogen-bond donors (Lipinski definition) is 0. The number of hydrogen-bond acceptors (Lipinski definition) is 3. The van der Waals surface area contributed by atoms with Crippen LogP contribution in [-0.2, 0) is 16.1 Å². The lowest BCUT2D eigenvalue weighted by Gasteiger charge is -2.10. The average molecular weight is 222 g/mol. The van der Waals surface area contributed by atoms with E-state index in [9.17, 15) is 0 Å². The summed E-state index contributed by atoms with van der Waals surface area (Å²) in [6.45, 7) is 1.28. The van der Waals surface area contributed by atoms with Gasteiger partial charge in [0.05, 0.1) is 13.2 Å². The Morgan fingerprint density at radius 1 is 1.33 bits per heavy atom. The van der Waals surface area contributed by atoms with Gasteiger partial charge in [-0.15, -0.1) is 0 Å². The summed E-state index contributed by atoms with van der Waals surface area (Å²) in [5.74, 6) is 0. The monoisotopic (exact) mass is 222 g/mol. The van der Waals surface area contributed by atoms with Crippen molar-refractivity contribution >= 4 is 17.3 Å². The molecule has 80 valence electrons. The molecule has 0 N–H and O–H groups in total. The van der Waals surface area contributed by atoms with Gasteiger partial charge in [0.1, 0.15) is 6.10 Å². The van der Waals surface area contributed by atoms with Crippen LogP contribution in [-0.4, -0.2) is 17.8 Å². The molecule has 1 atom stereocenters. The number of rotatable bonds is 4. The Morgan fingerprint density at radius 2 is 2.13 bits per heavy atom. The second-order valence-electron chi connectivity index (χ2n) is 3.65. The lowest BCUT2D eigenvalue weighted by molar-refractivity contribution is 0.0467. The first kappa shape index (κ1) is 10.6. The summed E-state index contributed by atoms with van der Waals surface area (Å²) in [4.78, 5) is 0. The van der Waals surface area contributed by atoms with E-state index >= 15 is 0 Å². The molecule has 15 heavy (non-hydrogen) atoms. The quantitative estimate of drug-likeness (QED) is 0.730. The predicted octanol–water partition coefficient (Wildman–Crippen LogP) is 2.71. The molecule has 0 radical (unpaired) electrons. The molecular formula is C12H14O2S. The second kappa shape index (κ2) is 5.24. The molecule has 0 spiro atoms. The fraction of sp³-hybridized carbons (Fsp3) is 0.417. The van der Waals surface area contributed by atoms with Gasteiger partial charge < -0.3 is 9.47 Å². The van der Waals surface area contributed by atoms with Gasteiger partial charge in [-0.25, -0.2) is 0 Å². The molecule has 1 aliphatic heterocycles. The molecule has 0 saturated carbocycles. The van der Waals surface area contributed by atoms with Crippen LogP contribution in [0.3, 0.4) is 0 Å². The molecule has 0 aliphatic carbocycles. The molecule has 0 aromatic heterocycles. The largest absolute Gasteiger partial charge is 0.481 e. The van der Waals surface area contributed by atoms with Gasteiger partial charge >= 0.3 is 0 Å². The summed E-state index contributed by atoms with van der Waals surface area (Å²) in [5, 5.41) is 0.725. The van der Waals surface area contributed by atoms with E-state index in [1.165, 1.54) is 5.56 Å². The van der Waals surface area contributed by atoms with E-state index in [0.717, 1.165) is 17.9 Å². The summed E-state index contributed by atoms with van der Waals surface area (Å²) in [6, 6.07) is 10.1. The summed E-state index contributed by atoms with van der Waals surface area (Å²) in [6.07, 6.45) is 2.06. The standard InChI is InChI=1S/C12H14O2S/c15-12-7-6-11(14-12)9-13-8-10-4-2-1-3-5-10/h1-5,11H,6-9H2. The highest BCUT2D eigenvalue weighted by molar-refractivity contribution is 7.80. The van der Waals surface area contributed by atoms with E-state index in [-0.39, 0.29) is 6.10 Å². The van der Waals surface area contributed by atoms with Crippen LogP contribution in [0.15, 0.2) is 30.3 Å². The van der Waals surface area contributed by atoms with Crippen LogP contribution in [0.4, 0.5) is 0 Å². The number of benzene rings is 1. The number of thiocarbonyl (C=S) groups is 1. The smallest absolute Gasteiger partial charge is 0.160 e. The zero-order chi connectivity index (χ0) is 10.5. The SMILES string of the molecule is S=C1CCC(COCc2ccccc2)O1. The molecule has 0 bridgehead atoms. The molecule has 1 saturated heterocycles. The fourth-order valence-corrected chi connectivity index (χ4v) is 1.84. The Morgan fingerprint density at radius 3 is 2.80 bits per heavy atom. The van der Waals surface area contributed by atoms with Gasteiger partial charge in [-0.2, -0.15) is 0 Å². The van der Waals surface area contributed by atoms with Crippen molar-refractivity contribution in [1.82, 2.24) is 0 Å². The second-order valence-corrected chi connectivity index (χ2v) is 4.11. The third-order valence-corrected chi connectivity index (χ3v) is 2.68. The molecule has 1 unspecified atom stereocenters. The molecule has 1 aliphatic rings. The number of ether oxygens (including phenoxy) is 2. The maximum Gasteiger partial charge on any atom is 0.160 e. The summed E-state index contributed by atoms with van der Waals surface area (Å²) in [5.41, 5.74) is 1.19. The first-order chi connectivity index (χ1) is 7.34. The van der Waals surface area contributed by atoms with Crippen molar-refractivity contribution < 1.29 is 9.47 Å². The lowest BCUT2D eigenvalue weighted by atomic mass is 10.2. The minimum Gasteiger partial charge on any atom is -0.481 e. The highest BCUT2D eigenvalue weighted by Crippen LogP contribution is 2.15. The van der Waals surface area contributed by atoms with Crippen LogP contribution in [0.25, 0.3) is 0 Å². The highest BCUT2D eigenvalue weighted by atomic mass is 32.1. The van der Waals surface area contributed by atoms with Crippen molar-refractivity contribution in [2.45, 2.75) is 25.6 Å². The van der Waals surface area contributed by atoms with Crippen LogP contribution < -0.4 is 0 Å². The van der Waals surface area contributed by atoms with E-state index in [0.29, 0.717) is 13.2 Å². The zero-order valence-corrected chi connectivity index (χ0v) is 9.33. The molecular weight excluding hydrogens is 208 g/mol. The van der Waals surface area contributed by atoms with E-state index < -0.39 is 0 Å². The van der Waals surface area contributed by atoms with E-state index in [1.54, 1.807) is 0 Å². The van der Waals surface area contributed by atoms with Gasteiger partial charge in [0.15, 0.2) is 5.05 Å². The third kappa shape index (κ3) is 3.29. The molecule has 2 rings (SSSR count). The summed E-state index contributed by atoms with van der Waals surface area (Å²) in [7, 11) is 0. The molecule has 1 aromatic rings. The van der Waals surface area contributed by atoms with Crippen molar-refractivity contribution in [2.75, 3.05) is 6.61 Å². The van der Waals surface area contributed by atoms with Gasteiger partial charge in [0.25, 0.3) is 0 Å². The van der Waals surface area contributed by atoms with E-state index in [1.807, 2.05) is 18.2 Å². The van der Waals surface area contributed by atoms with Crippen LogP contribution in [0.1, 0.15) is 18.4 Å². The Bertz CT molecular complexity index is 324. The predicted molar refractivity (Wildman–Crippen MR) is 62.8 cm³/mol. The van der Waals surface area contributed by atoms with Gasteiger partial charge in [-0.3, -0.25) is 0 Å². The van der Waals surface area contributed by atoms with Gasteiger partial charge in [-0.1, -0.05) is 30.3 Å². The fourth-order valence-electron chi connectivity index (χ4n) is 1.58. The van der Waals surface area contributed by atoms with Crippen LogP contribution in [0.5, 0.6) is 0 Å². The van der Waals surface area contributed by atoms with Crippen LogP contribution in [0, 0.1) is 0 Å². The Hall–Kier alpha value is -0.930. The van der Waals surface area contributed by atoms with Crippen molar-refractivity contribution in [3.8, 4) is 0 Å². The van der Waals surface area contributed by atoms with Crippen molar-refractivity contribution in [1.29, 1.82) is 0 Å². The van der Waals surface area contributed by atoms with Crippen molar-refractivity contribution in [3.05, 3.63) is 35.9 Å². The minimum absolute atomic E-state index is 0.168. The molecule has 3 heteroatoms. The average Bonchev–Trinajstić information content (AvgIpc) is 2.66. The molecule has 2 nitrogen and oxygen atoms in total. The Kier molecular flexibility index (Phi) is 3.69. The summed E-state index contributed by atoms with van der Waals surface area (Å²) >= 11 is 4.96. The molecule has 1 aromatic carbocycles. The van der Waals surface area contributed by atoms with Crippen molar-refractivity contribution in [2.24, 2.45) is 0 Å². The first-order valence-corrected chi connectivity index (χ1v) is 5.56.